The van der Waals surface area contributed by atoms with Crippen LogP contribution < -0.4 is 5.73 Å². The summed E-state index contributed by atoms with van der Waals surface area (Å²) in [4.78, 5) is 65.4. The second-order valence-electron chi connectivity index (χ2n) is 10.2. The number of carbonyl (C=O) groups is 4. The van der Waals surface area contributed by atoms with Crippen LogP contribution in [-0.4, -0.2) is 112 Å². The van der Waals surface area contributed by atoms with Crippen LogP contribution in [0.15, 0.2) is 45.9 Å². The second-order valence-corrected chi connectivity index (χ2v) is 11.6. The summed E-state index contributed by atoms with van der Waals surface area (Å²) < 4.78 is 10.5. The quantitative estimate of drug-likeness (QED) is 0.130. The van der Waals surface area contributed by atoms with Gasteiger partial charge in [-0.3, -0.25) is 19.5 Å². The number of thioether (sulfide) groups is 1. The molecule has 4 aliphatic rings. The van der Waals surface area contributed by atoms with Gasteiger partial charge in [0.15, 0.2) is 0 Å². The third-order valence-electron chi connectivity index (χ3n) is 7.46. The minimum atomic E-state index is -0.956. The first kappa shape index (κ1) is 30.3. The lowest BCUT2D eigenvalue weighted by atomic mass is 9.79. The lowest BCUT2D eigenvalue weighted by Crippen LogP contribution is -2.63. The summed E-state index contributed by atoms with van der Waals surface area (Å²) in [5.74, 6) is -2.57. The van der Waals surface area contributed by atoms with Crippen molar-refractivity contribution in [2.24, 2.45) is 27.6 Å². The maximum atomic E-state index is 13.3. The van der Waals surface area contributed by atoms with E-state index in [0.29, 0.717) is 18.0 Å². The molecule has 3 amide bonds. The van der Waals surface area contributed by atoms with E-state index in [1.807, 2.05) is 6.92 Å². The zero-order chi connectivity index (χ0) is 29.8. The molecule has 3 N–H and O–H groups in total. The first-order valence-electron chi connectivity index (χ1n) is 13.5. The Labute approximate surface area is 242 Å². The van der Waals surface area contributed by atoms with E-state index in [9.17, 15) is 24.3 Å². The number of nitrogens with zero attached hydrogens (tertiary/aromatic N) is 5. The standard InChI is InChI=1S/C27H36N6O7S/c1-5-10-39-25(37)21-22(15(3)20-19(16(4)34)24(36)33(20)21)41-17-12-18(32(13-17)27(38)40-11-6-2)23(35)30-26(28)31-9-7-8-29-14-31/h5-6,14-20,34H,1-2,7-13H2,3-4H3,(H2,28,30,35)/t15-,16-,17+,18+,19-,20-/m1/s1. The van der Waals surface area contributed by atoms with E-state index in [1.54, 1.807) is 11.8 Å². The van der Waals surface area contributed by atoms with Gasteiger partial charge in [-0.05, 0) is 19.8 Å². The average molecular weight is 589 g/mol. The van der Waals surface area contributed by atoms with Gasteiger partial charge < -0.3 is 30.1 Å². The highest BCUT2D eigenvalue weighted by atomic mass is 32.2. The van der Waals surface area contributed by atoms with Gasteiger partial charge in [-0.15, -0.1) is 11.8 Å². The topological polar surface area (TPSA) is 167 Å². The fourth-order valence-electron chi connectivity index (χ4n) is 5.56. The Bertz CT molecular complexity index is 1200. The molecule has 222 valence electrons. The minimum absolute atomic E-state index is 0.0135. The van der Waals surface area contributed by atoms with E-state index in [1.165, 1.54) is 40.1 Å². The van der Waals surface area contributed by atoms with Crippen LogP contribution in [0.5, 0.6) is 0 Å². The molecule has 0 aromatic carbocycles. The maximum absolute atomic E-state index is 13.3. The summed E-state index contributed by atoms with van der Waals surface area (Å²) in [5, 5.41) is 9.89. The van der Waals surface area contributed by atoms with Crippen molar-refractivity contribution in [3.05, 3.63) is 35.9 Å². The smallest absolute Gasteiger partial charge is 0.410 e. The number of β-lactam (4-membered cyclic amide) rings is 1. The van der Waals surface area contributed by atoms with Gasteiger partial charge in [0.2, 0.25) is 11.9 Å². The Morgan fingerprint density at radius 3 is 2.63 bits per heavy atom. The Morgan fingerprint density at radius 2 is 2.00 bits per heavy atom. The van der Waals surface area contributed by atoms with Crippen molar-refractivity contribution in [1.29, 1.82) is 0 Å². The molecule has 2 fully saturated rings. The molecule has 2 saturated heterocycles. The Kier molecular flexibility index (Phi) is 9.53. The molecule has 0 bridgehead atoms. The summed E-state index contributed by atoms with van der Waals surface area (Å²) in [6.45, 7) is 11.8. The van der Waals surface area contributed by atoms with Crippen LogP contribution in [0.4, 0.5) is 4.79 Å². The van der Waals surface area contributed by atoms with Crippen molar-refractivity contribution in [2.45, 2.75) is 50.1 Å². The van der Waals surface area contributed by atoms with Gasteiger partial charge in [0.05, 0.1) is 24.4 Å². The number of carbonyl (C=O) groups excluding carboxylic acids is 4. The Hall–Kier alpha value is -3.65. The third-order valence-corrected chi connectivity index (χ3v) is 8.95. The van der Waals surface area contributed by atoms with Crippen LogP contribution in [0.1, 0.15) is 26.7 Å². The van der Waals surface area contributed by atoms with Crippen molar-refractivity contribution in [1.82, 2.24) is 14.7 Å². The Morgan fingerprint density at radius 1 is 1.29 bits per heavy atom. The Balaban J connectivity index is 1.60. The van der Waals surface area contributed by atoms with Gasteiger partial charge in [0.25, 0.3) is 5.91 Å². The average Bonchev–Trinajstić information content (AvgIpc) is 3.48. The summed E-state index contributed by atoms with van der Waals surface area (Å²) in [5.41, 5.74) is 6.19. The van der Waals surface area contributed by atoms with E-state index in [2.05, 4.69) is 23.1 Å². The van der Waals surface area contributed by atoms with Crippen LogP contribution in [0.2, 0.25) is 0 Å². The van der Waals surface area contributed by atoms with Crippen LogP contribution >= 0.6 is 11.8 Å². The molecular weight excluding hydrogens is 552 g/mol. The number of aliphatic hydroxyl groups is 1. The number of ether oxygens (including phenoxy) is 2. The third kappa shape index (κ3) is 6.03. The number of esters is 1. The fraction of sp³-hybridized carbons (Fsp3) is 0.556. The number of fused-ring (bicyclic) bond motifs is 1. The SMILES string of the molecule is C=CCOC(=O)C1=C(S[C@H]2C[C@@H](C(=O)N=C(N)N3C=NCCC3)N(C(=O)OCC=C)C2)[C@H](C)[C@@H]2[C@@H]([C@@H](C)O)C(=O)N12. The van der Waals surface area contributed by atoms with Crippen LogP contribution in [0.3, 0.4) is 0 Å². The van der Waals surface area contributed by atoms with E-state index < -0.39 is 42.1 Å². The first-order valence-corrected chi connectivity index (χ1v) is 14.4. The number of rotatable bonds is 9. The van der Waals surface area contributed by atoms with Crippen molar-refractivity contribution in [2.75, 3.05) is 32.8 Å². The molecule has 0 saturated carbocycles. The molecule has 13 nitrogen and oxygen atoms in total. The molecule has 4 aliphatic heterocycles. The molecule has 0 spiro atoms. The minimum Gasteiger partial charge on any atom is -0.457 e. The maximum Gasteiger partial charge on any atom is 0.410 e. The number of hydrogen-bond acceptors (Lipinski definition) is 9. The van der Waals surface area contributed by atoms with Gasteiger partial charge in [-0.25, -0.2) is 9.59 Å². The summed E-state index contributed by atoms with van der Waals surface area (Å²) in [6.07, 6.45) is 3.77. The van der Waals surface area contributed by atoms with Crippen molar-refractivity contribution >= 4 is 47.9 Å². The summed E-state index contributed by atoms with van der Waals surface area (Å²) in [7, 11) is 0. The lowest BCUT2D eigenvalue weighted by Gasteiger charge is -2.46. The fourth-order valence-corrected chi connectivity index (χ4v) is 7.08. The highest BCUT2D eigenvalue weighted by Crippen LogP contribution is 2.52. The second kappa shape index (κ2) is 12.9. The molecule has 0 aromatic rings. The summed E-state index contributed by atoms with van der Waals surface area (Å²) >= 11 is 1.31. The normalized spacial score (nSPS) is 28.3. The van der Waals surface area contributed by atoms with Crippen molar-refractivity contribution < 1.29 is 33.8 Å². The van der Waals surface area contributed by atoms with Crippen LogP contribution in [0, 0.1) is 11.8 Å². The van der Waals surface area contributed by atoms with Crippen molar-refractivity contribution in [3.8, 4) is 0 Å². The monoisotopic (exact) mass is 588 g/mol. The molecule has 0 radical (unpaired) electrons. The number of aliphatic hydroxyl groups excluding tert-OH is 1. The lowest BCUT2D eigenvalue weighted by molar-refractivity contribution is -0.164. The molecule has 0 unspecified atom stereocenters. The number of hydrogen-bond donors (Lipinski definition) is 2. The molecule has 41 heavy (non-hydrogen) atoms. The number of aliphatic imine (C=N–C) groups is 2. The van der Waals surface area contributed by atoms with Crippen LogP contribution in [-0.2, 0) is 23.9 Å². The first-order chi connectivity index (χ1) is 19.6. The molecular formula is C27H36N6O7S. The van der Waals surface area contributed by atoms with Gasteiger partial charge >= 0.3 is 12.1 Å². The van der Waals surface area contributed by atoms with E-state index in [-0.39, 0.29) is 54.9 Å². The predicted molar refractivity (Wildman–Crippen MR) is 152 cm³/mol. The van der Waals surface area contributed by atoms with Gasteiger partial charge in [-0.1, -0.05) is 32.2 Å². The number of guanidine groups is 1. The zero-order valence-corrected chi connectivity index (χ0v) is 24.0. The molecule has 6 atom stereocenters. The van der Waals surface area contributed by atoms with E-state index in [0.717, 1.165) is 6.42 Å². The highest BCUT2D eigenvalue weighted by molar-refractivity contribution is 8.03. The van der Waals surface area contributed by atoms with Gasteiger partial charge in [-0.2, -0.15) is 4.99 Å². The molecule has 0 aliphatic carbocycles. The number of amides is 3. The van der Waals surface area contributed by atoms with E-state index >= 15 is 0 Å². The van der Waals surface area contributed by atoms with Crippen LogP contribution in [0.25, 0.3) is 0 Å². The molecule has 14 heteroatoms. The highest BCUT2D eigenvalue weighted by Gasteiger charge is 2.60. The van der Waals surface area contributed by atoms with Gasteiger partial charge in [0, 0.05) is 35.7 Å². The van der Waals surface area contributed by atoms with Gasteiger partial charge in [0.1, 0.15) is 25.0 Å². The molecule has 4 heterocycles. The zero-order valence-electron chi connectivity index (χ0n) is 23.2. The molecule has 4 rings (SSSR count). The van der Waals surface area contributed by atoms with Crippen molar-refractivity contribution in [3.63, 3.8) is 0 Å². The van der Waals surface area contributed by atoms with E-state index in [4.69, 9.17) is 15.2 Å². The predicted octanol–water partition coefficient (Wildman–Crippen LogP) is 0.859. The number of nitrogens with two attached hydrogens (primary N) is 1. The largest absolute Gasteiger partial charge is 0.457 e. The number of likely N-dealkylation sites (tertiary alicyclic amines) is 1. The molecule has 0 aromatic heterocycles. The summed E-state index contributed by atoms with van der Waals surface area (Å²) in [6, 6.07) is -1.36.